The van der Waals surface area contributed by atoms with Crippen LogP contribution in [0.3, 0.4) is 0 Å². The van der Waals surface area contributed by atoms with E-state index >= 15 is 0 Å². The first kappa shape index (κ1) is 31.3. The molecule has 0 nitrogen and oxygen atoms in total. The fourth-order valence-corrected chi connectivity index (χ4v) is 5.83. The molecule has 1 rings (SSSR count). The molecule has 1 aliphatic carbocycles. The van der Waals surface area contributed by atoms with Crippen LogP contribution in [0.15, 0.2) is 36.5 Å². The van der Waals surface area contributed by atoms with Crippen LogP contribution < -0.4 is 0 Å². The summed E-state index contributed by atoms with van der Waals surface area (Å²) in [5, 5.41) is 0. The zero-order valence-electron chi connectivity index (χ0n) is 25.4. The Labute approximate surface area is 216 Å². The van der Waals surface area contributed by atoms with Crippen LogP contribution in [-0.2, 0) is 0 Å². The molecule has 0 aromatic carbocycles. The molecule has 8 atom stereocenters. The van der Waals surface area contributed by atoms with E-state index in [0.29, 0.717) is 23.2 Å². The van der Waals surface area contributed by atoms with Crippen molar-refractivity contribution in [3.05, 3.63) is 36.5 Å². The molecular weight excluding hydrogens is 408 g/mol. The Kier molecular flexibility index (Phi) is 12.4. The van der Waals surface area contributed by atoms with Gasteiger partial charge in [0.15, 0.2) is 0 Å². The van der Waals surface area contributed by atoms with E-state index in [1.54, 1.807) is 5.57 Å². The quantitative estimate of drug-likeness (QED) is 0.221. The van der Waals surface area contributed by atoms with Crippen molar-refractivity contribution in [2.45, 2.75) is 122 Å². The monoisotopic (exact) mass is 470 g/mol. The largest absolute Gasteiger partial charge is 0.102 e. The van der Waals surface area contributed by atoms with Crippen molar-refractivity contribution in [1.29, 1.82) is 0 Å². The summed E-state index contributed by atoms with van der Waals surface area (Å²) in [4.78, 5) is 0. The molecule has 0 bridgehead atoms. The third-order valence-electron chi connectivity index (χ3n) is 10.5. The molecule has 0 saturated heterocycles. The lowest BCUT2D eigenvalue weighted by atomic mass is 9.58. The smallest absolute Gasteiger partial charge is 0.00302 e. The van der Waals surface area contributed by atoms with Gasteiger partial charge in [-0.2, -0.15) is 0 Å². The van der Waals surface area contributed by atoms with Crippen molar-refractivity contribution in [1.82, 2.24) is 0 Å². The Morgan fingerprint density at radius 1 is 0.941 bits per heavy atom. The van der Waals surface area contributed by atoms with Gasteiger partial charge in [0.1, 0.15) is 0 Å². The SMILES string of the molecule is C=CC(C)(/C=C/C(C)CCC1C(C)C(C)=CC(C)C1(C)C)CCC(C)C(C)CCC(C)C(C)C. The second-order valence-corrected chi connectivity index (χ2v) is 13.8. The van der Waals surface area contributed by atoms with Crippen LogP contribution in [-0.4, -0.2) is 0 Å². The fraction of sp³-hybridized carbons (Fsp3) is 0.824. The third kappa shape index (κ3) is 9.02. The van der Waals surface area contributed by atoms with Crippen LogP contribution in [0, 0.1) is 58.2 Å². The van der Waals surface area contributed by atoms with Gasteiger partial charge in [-0.1, -0.05) is 119 Å². The lowest BCUT2D eigenvalue weighted by Crippen LogP contribution is -2.38. The van der Waals surface area contributed by atoms with Crippen molar-refractivity contribution in [3.8, 4) is 0 Å². The molecule has 0 spiro atoms. The zero-order chi connectivity index (χ0) is 26.3. The van der Waals surface area contributed by atoms with Crippen LogP contribution in [0.5, 0.6) is 0 Å². The number of hydrogen-bond donors (Lipinski definition) is 0. The molecule has 8 unspecified atom stereocenters. The van der Waals surface area contributed by atoms with E-state index in [-0.39, 0.29) is 5.41 Å². The van der Waals surface area contributed by atoms with E-state index in [1.165, 1.54) is 38.5 Å². The maximum atomic E-state index is 4.22. The Morgan fingerprint density at radius 3 is 2.06 bits per heavy atom. The van der Waals surface area contributed by atoms with E-state index in [1.807, 2.05) is 0 Å². The highest BCUT2D eigenvalue weighted by molar-refractivity contribution is 5.15. The minimum Gasteiger partial charge on any atom is -0.102 e. The minimum absolute atomic E-state index is 0.110. The number of allylic oxidation sites excluding steroid dienone is 5. The highest BCUT2D eigenvalue weighted by atomic mass is 14.4. The highest BCUT2D eigenvalue weighted by Gasteiger charge is 2.40. The molecule has 0 saturated carbocycles. The van der Waals surface area contributed by atoms with Crippen molar-refractivity contribution in [2.24, 2.45) is 58.2 Å². The highest BCUT2D eigenvalue weighted by Crippen LogP contribution is 2.49. The second kappa shape index (κ2) is 13.5. The summed E-state index contributed by atoms with van der Waals surface area (Å²) in [6.07, 6.45) is 17.5. The normalized spacial score (nSPS) is 28.3. The molecule has 0 heteroatoms. The Hall–Kier alpha value is -0.780. The first-order valence-corrected chi connectivity index (χ1v) is 14.7. The summed E-state index contributed by atoms with van der Waals surface area (Å²) in [6.45, 7) is 33.2. The lowest BCUT2D eigenvalue weighted by molar-refractivity contribution is 0.0892. The van der Waals surface area contributed by atoms with Gasteiger partial charge in [-0.3, -0.25) is 0 Å². The van der Waals surface area contributed by atoms with Gasteiger partial charge >= 0.3 is 0 Å². The first-order valence-electron chi connectivity index (χ1n) is 14.7. The van der Waals surface area contributed by atoms with Gasteiger partial charge in [0.25, 0.3) is 0 Å². The molecule has 1 aliphatic rings. The maximum absolute atomic E-state index is 4.22. The summed E-state index contributed by atoms with van der Waals surface area (Å²) in [6, 6.07) is 0. The van der Waals surface area contributed by atoms with E-state index < -0.39 is 0 Å². The van der Waals surface area contributed by atoms with Gasteiger partial charge in [-0.15, -0.1) is 6.58 Å². The maximum Gasteiger partial charge on any atom is 0.00302 e. The molecule has 0 heterocycles. The Bertz CT molecular complexity index is 662. The van der Waals surface area contributed by atoms with Crippen LogP contribution >= 0.6 is 0 Å². The zero-order valence-corrected chi connectivity index (χ0v) is 25.4. The van der Waals surface area contributed by atoms with Gasteiger partial charge in [-0.05, 0) is 85.4 Å². The summed E-state index contributed by atoms with van der Waals surface area (Å²) in [5.41, 5.74) is 2.09. The molecule has 198 valence electrons. The molecule has 0 aromatic heterocycles. The molecule has 0 aromatic rings. The Balaban J connectivity index is 2.61. The summed E-state index contributed by atoms with van der Waals surface area (Å²) in [5.74, 6) is 5.98. The van der Waals surface area contributed by atoms with Gasteiger partial charge in [0.05, 0.1) is 0 Å². The van der Waals surface area contributed by atoms with Gasteiger partial charge in [0, 0.05) is 5.41 Å². The molecule has 0 radical (unpaired) electrons. The van der Waals surface area contributed by atoms with E-state index in [4.69, 9.17) is 0 Å². The molecule has 0 amide bonds. The standard InChI is InChI=1S/C34H62/c1-14-34(13,22-20-28(7)27(6)17-16-26(5)24(2)3)21-19-25(4)15-18-32-31(10)29(8)23-30(9)33(32,11)12/h14,19,21,23-28,30-32H,1,15-18,20,22H2,2-13H3/b21-19+. The minimum atomic E-state index is 0.110. The van der Waals surface area contributed by atoms with Crippen molar-refractivity contribution in [2.75, 3.05) is 0 Å². The van der Waals surface area contributed by atoms with E-state index in [9.17, 15) is 0 Å². The van der Waals surface area contributed by atoms with Gasteiger partial charge < -0.3 is 0 Å². The third-order valence-corrected chi connectivity index (χ3v) is 10.5. The van der Waals surface area contributed by atoms with Crippen molar-refractivity contribution in [3.63, 3.8) is 0 Å². The number of hydrogen-bond acceptors (Lipinski definition) is 0. The van der Waals surface area contributed by atoms with Gasteiger partial charge in [0.2, 0.25) is 0 Å². The molecular formula is C34H62. The molecule has 0 fully saturated rings. The van der Waals surface area contributed by atoms with E-state index in [0.717, 1.165) is 29.6 Å². The first-order chi connectivity index (χ1) is 15.6. The second-order valence-electron chi connectivity index (χ2n) is 13.8. The predicted octanol–water partition coefficient (Wildman–Crippen LogP) is 11.2. The van der Waals surface area contributed by atoms with E-state index in [2.05, 4.69) is 114 Å². The predicted molar refractivity (Wildman–Crippen MR) is 156 cm³/mol. The molecule has 0 aliphatic heterocycles. The summed E-state index contributed by atoms with van der Waals surface area (Å²) < 4.78 is 0. The van der Waals surface area contributed by atoms with Crippen LogP contribution in [0.2, 0.25) is 0 Å². The Morgan fingerprint density at radius 2 is 1.50 bits per heavy atom. The summed E-state index contributed by atoms with van der Waals surface area (Å²) >= 11 is 0. The molecule has 0 N–H and O–H groups in total. The van der Waals surface area contributed by atoms with Gasteiger partial charge in [-0.25, -0.2) is 0 Å². The van der Waals surface area contributed by atoms with Crippen LogP contribution in [0.4, 0.5) is 0 Å². The van der Waals surface area contributed by atoms with Crippen molar-refractivity contribution < 1.29 is 0 Å². The van der Waals surface area contributed by atoms with Crippen molar-refractivity contribution >= 4 is 0 Å². The lowest BCUT2D eigenvalue weighted by Gasteiger charge is -2.46. The topological polar surface area (TPSA) is 0 Å². The number of rotatable bonds is 14. The fourth-order valence-electron chi connectivity index (χ4n) is 5.83. The van der Waals surface area contributed by atoms with Crippen LogP contribution in [0.25, 0.3) is 0 Å². The average Bonchev–Trinajstić information content (AvgIpc) is 2.77. The van der Waals surface area contributed by atoms with Crippen LogP contribution in [0.1, 0.15) is 122 Å². The summed E-state index contributed by atoms with van der Waals surface area (Å²) in [7, 11) is 0. The average molecular weight is 471 g/mol. The molecule has 34 heavy (non-hydrogen) atoms.